The van der Waals surface area contributed by atoms with Crippen LogP contribution in [0.3, 0.4) is 0 Å². The first-order chi connectivity index (χ1) is 13.6. The van der Waals surface area contributed by atoms with E-state index in [1.54, 1.807) is 7.11 Å². The fourth-order valence-electron chi connectivity index (χ4n) is 4.13. The number of hydrogen-bond donors (Lipinski definition) is 0. The van der Waals surface area contributed by atoms with Crippen LogP contribution in [0.15, 0.2) is 48.5 Å². The Morgan fingerprint density at radius 3 is 2.21 bits per heavy atom. The van der Waals surface area contributed by atoms with E-state index >= 15 is 0 Å². The van der Waals surface area contributed by atoms with Gasteiger partial charge in [-0.15, -0.1) is 0 Å². The standard InChI is InChI=1S/C22H25N3O3/c1-16-7-3-4-8-17(16)25-21(26)15-19(22(25)27)24-13-11-23(12-14-24)18-9-5-6-10-20(18)28-2/h3-10,19H,11-15H2,1-2H3/t19-/m0/s1. The van der Waals surface area contributed by atoms with E-state index in [0.29, 0.717) is 5.69 Å². The molecule has 0 radical (unpaired) electrons. The molecule has 2 aliphatic heterocycles. The molecule has 2 aromatic carbocycles. The number of carbonyl (C=O) groups excluding carboxylic acids is 2. The van der Waals surface area contributed by atoms with Crippen LogP contribution in [0.25, 0.3) is 0 Å². The molecule has 6 heteroatoms. The Morgan fingerprint density at radius 1 is 0.893 bits per heavy atom. The minimum atomic E-state index is -0.369. The van der Waals surface area contributed by atoms with Gasteiger partial charge in [-0.3, -0.25) is 14.5 Å². The predicted molar refractivity (Wildman–Crippen MR) is 109 cm³/mol. The summed E-state index contributed by atoms with van der Waals surface area (Å²) in [5.74, 6) is 0.635. The minimum absolute atomic E-state index is 0.106. The Hall–Kier alpha value is -2.86. The number of hydrogen-bond acceptors (Lipinski definition) is 5. The Bertz CT molecular complexity index is 890. The number of methoxy groups -OCH3 is 1. The first-order valence-corrected chi connectivity index (χ1v) is 9.64. The van der Waals surface area contributed by atoms with Crippen molar-refractivity contribution in [1.82, 2.24) is 4.90 Å². The lowest BCUT2D eigenvalue weighted by molar-refractivity contribution is -0.123. The zero-order valence-electron chi connectivity index (χ0n) is 16.3. The Balaban J connectivity index is 1.46. The third-order valence-electron chi connectivity index (χ3n) is 5.66. The number of anilines is 2. The van der Waals surface area contributed by atoms with E-state index in [1.807, 2.05) is 49.4 Å². The number of aryl methyl sites for hydroxylation is 1. The van der Waals surface area contributed by atoms with Gasteiger partial charge in [0.15, 0.2) is 0 Å². The Morgan fingerprint density at radius 2 is 1.54 bits per heavy atom. The van der Waals surface area contributed by atoms with Crippen molar-refractivity contribution in [3.05, 3.63) is 54.1 Å². The average Bonchev–Trinajstić information content (AvgIpc) is 3.02. The van der Waals surface area contributed by atoms with Gasteiger partial charge in [-0.2, -0.15) is 0 Å². The number of piperazine rings is 1. The van der Waals surface area contributed by atoms with Crippen LogP contribution < -0.4 is 14.5 Å². The summed E-state index contributed by atoms with van der Waals surface area (Å²) in [4.78, 5) is 31.4. The van der Waals surface area contributed by atoms with Gasteiger partial charge < -0.3 is 9.64 Å². The third-order valence-corrected chi connectivity index (χ3v) is 5.66. The van der Waals surface area contributed by atoms with E-state index in [9.17, 15) is 9.59 Å². The van der Waals surface area contributed by atoms with Gasteiger partial charge in [-0.25, -0.2) is 4.90 Å². The van der Waals surface area contributed by atoms with E-state index in [1.165, 1.54) is 4.90 Å². The molecule has 0 spiro atoms. The van der Waals surface area contributed by atoms with Crippen molar-refractivity contribution in [3.63, 3.8) is 0 Å². The fourth-order valence-corrected chi connectivity index (χ4v) is 4.13. The second-order valence-electron chi connectivity index (χ2n) is 7.27. The highest BCUT2D eigenvalue weighted by atomic mass is 16.5. The zero-order chi connectivity index (χ0) is 19.7. The van der Waals surface area contributed by atoms with Crippen LogP contribution >= 0.6 is 0 Å². The SMILES string of the molecule is COc1ccccc1N1CCN([C@H]2CC(=O)N(c3ccccc3C)C2=O)CC1. The summed E-state index contributed by atoms with van der Waals surface area (Å²) in [5, 5.41) is 0. The maximum absolute atomic E-state index is 13.0. The normalized spacial score (nSPS) is 20.7. The van der Waals surface area contributed by atoms with Crippen LogP contribution in [0.2, 0.25) is 0 Å². The summed E-state index contributed by atoms with van der Waals surface area (Å²) in [7, 11) is 1.68. The molecule has 2 amide bonds. The van der Waals surface area contributed by atoms with Crippen molar-refractivity contribution < 1.29 is 14.3 Å². The van der Waals surface area contributed by atoms with E-state index in [4.69, 9.17) is 4.74 Å². The number of ether oxygens (including phenoxy) is 1. The number of amides is 2. The molecule has 28 heavy (non-hydrogen) atoms. The van der Waals surface area contributed by atoms with Crippen molar-refractivity contribution in [2.45, 2.75) is 19.4 Å². The lowest BCUT2D eigenvalue weighted by atomic mass is 10.1. The molecule has 2 aromatic rings. The number of rotatable bonds is 4. The Labute approximate surface area is 165 Å². The summed E-state index contributed by atoms with van der Waals surface area (Å²) < 4.78 is 5.47. The van der Waals surface area contributed by atoms with Gasteiger partial charge in [-0.05, 0) is 30.7 Å². The average molecular weight is 379 g/mol. The van der Waals surface area contributed by atoms with E-state index in [0.717, 1.165) is 43.2 Å². The molecular formula is C22H25N3O3. The second kappa shape index (κ2) is 7.64. The molecule has 0 aromatic heterocycles. The van der Waals surface area contributed by atoms with Crippen LogP contribution in [0, 0.1) is 6.92 Å². The number of carbonyl (C=O) groups is 2. The highest BCUT2D eigenvalue weighted by molar-refractivity contribution is 6.22. The molecule has 2 heterocycles. The van der Waals surface area contributed by atoms with Crippen molar-refractivity contribution >= 4 is 23.2 Å². The van der Waals surface area contributed by atoms with Gasteiger partial charge in [0, 0.05) is 26.2 Å². The second-order valence-corrected chi connectivity index (χ2v) is 7.27. The highest BCUT2D eigenvalue weighted by Crippen LogP contribution is 2.31. The smallest absolute Gasteiger partial charge is 0.251 e. The van der Waals surface area contributed by atoms with Crippen molar-refractivity contribution in [3.8, 4) is 5.75 Å². The summed E-state index contributed by atoms with van der Waals surface area (Å²) >= 11 is 0. The summed E-state index contributed by atoms with van der Waals surface area (Å²) in [6.45, 7) is 4.99. The van der Waals surface area contributed by atoms with Gasteiger partial charge in [0.1, 0.15) is 5.75 Å². The molecule has 0 saturated carbocycles. The highest BCUT2D eigenvalue weighted by Gasteiger charge is 2.43. The van der Waals surface area contributed by atoms with Crippen LogP contribution in [-0.4, -0.2) is 56.0 Å². The maximum Gasteiger partial charge on any atom is 0.251 e. The number of para-hydroxylation sites is 3. The number of benzene rings is 2. The zero-order valence-corrected chi connectivity index (χ0v) is 16.3. The van der Waals surface area contributed by atoms with Gasteiger partial charge in [-0.1, -0.05) is 30.3 Å². The lowest BCUT2D eigenvalue weighted by Crippen LogP contribution is -2.52. The molecule has 2 fully saturated rings. The molecule has 1 atom stereocenters. The maximum atomic E-state index is 13.0. The largest absolute Gasteiger partial charge is 0.495 e. The van der Waals surface area contributed by atoms with Crippen LogP contribution in [0.4, 0.5) is 11.4 Å². The first-order valence-electron chi connectivity index (χ1n) is 9.64. The monoisotopic (exact) mass is 379 g/mol. The topological polar surface area (TPSA) is 53.1 Å². The van der Waals surface area contributed by atoms with E-state index in [2.05, 4.69) is 15.9 Å². The molecule has 6 nitrogen and oxygen atoms in total. The molecule has 2 saturated heterocycles. The quantitative estimate of drug-likeness (QED) is 0.764. The summed E-state index contributed by atoms with van der Waals surface area (Å²) in [6.07, 6.45) is 0.252. The van der Waals surface area contributed by atoms with Crippen LogP contribution in [0.1, 0.15) is 12.0 Å². The molecule has 146 valence electrons. The fraction of sp³-hybridized carbons (Fsp3) is 0.364. The molecule has 2 aliphatic rings. The molecule has 0 unspecified atom stereocenters. The minimum Gasteiger partial charge on any atom is -0.495 e. The van der Waals surface area contributed by atoms with Crippen molar-refractivity contribution in [2.75, 3.05) is 43.1 Å². The van der Waals surface area contributed by atoms with E-state index < -0.39 is 0 Å². The summed E-state index contributed by atoms with van der Waals surface area (Å²) in [5.41, 5.74) is 2.71. The lowest BCUT2D eigenvalue weighted by Gasteiger charge is -2.38. The number of imide groups is 1. The van der Waals surface area contributed by atoms with Crippen molar-refractivity contribution in [2.24, 2.45) is 0 Å². The van der Waals surface area contributed by atoms with Crippen molar-refractivity contribution in [1.29, 1.82) is 0 Å². The molecule has 4 rings (SSSR count). The third kappa shape index (κ3) is 3.24. The van der Waals surface area contributed by atoms with Gasteiger partial charge in [0.2, 0.25) is 5.91 Å². The van der Waals surface area contributed by atoms with Crippen LogP contribution in [-0.2, 0) is 9.59 Å². The predicted octanol–water partition coefficient (Wildman–Crippen LogP) is 2.46. The van der Waals surface area contributed by atoms with Gasteiger partial charge in [0.05, 0.1) is 30.9 Å². The number of nitrogens with zero attached hydrogens (tertiary/aromatic N) is 3. The van der Waals surface area contributed by atoms with Crippen LogP contribution in [0.5, 0.6) is 5.75 Å². The first kappa shape index (κ1) is 18.5. The summed E-state index contributed by atoms with van der Waals surface area (Å²) in [6, 6.07) is 15.2. The Kier molecular flexibility index (Phi) is 5.05. The van der Waals surface area contributed by atoms with Gasteiger partial charge >= 0.3 is 0 Å². The molecular weight excluding hydrogens is 354 g/mol. The van der Waals surface area contributed by atoms with Gasteiger partial charge in [0.25, 0.3) is 5.91 Å². The van der Waals surface area contributed by atoms with E-state index in [-0.39, 0.29) is 24.3 Å². The molecule has 0 aliphatic carbocycles. The molecule has 0 N–H and O–H groups in total. The molecule has 0 bridgehead atoms.